The Morgan fingerprint density at radius 1 is 1.32 bits per heavy atom. The number of benzene rings is 1. The van der Waals surface area contributed by atoms with Gasteiger partial charge in [0.05, 0.1) is 11.1 Å². The van der Waals surface area contributed by atoms with Gasteiger partial charge in [-0.2, -0.15) is 5.10 Å². The van der Waals surface area contributed by atoms with E-state index in [-0.39, 0.29) is 31.4 Å². The maximum atomic E-state index is 12.3. The molecule has 0 bridgehead atoms. The highest BCUT2D eigenvalue weighted by atomic mass is 35.5. The highest BCUT2D eigenvalue weighted by molar-refractivity contribution is 7.89. The fraction of sp³-hybridized carbons (Fsp3) is 0.333. The van der Waals surface area contributed by atoms with E-state index in [1.807, 2.05) is 0 Å². The van der Waals surface area contributed by atoms with E-state index in [1.165, 1.54) is 12.1 Å². The van der Waals surface area contributed by atoms with Gasteiger partial charge in [0.25, 0.3) is 5.69 Å². The Labute approximate surface area is 168 Å². The van der Waals surface area contributed by atoms with Crippen LogP contribution in [0.2, 0.25) is 0 Å². The van der Waals surface area contributed by atoms with Gasteiger partial charge in [0.2, 0.25) is 15.9 Å². The second-order valence-electron chi connectivity index (χ2n) is 5.58. The van der Waals surface area contributed by atoms with Crippen LogP contribution in [0, 0.1) is 10.1 Å². The molecule has 0 saturated carbocycles. The van der Waals surface area contributed by atoms with E-state index < -0.39 is 31.6 Å². The summed E-state index contributed by atoms with van der Waals surface area (Å²) in [5, 5.41) is 20.4. The first kappa shape index (κ1) is 23.5. The molecule has 1 atom stereocenters. The fourth-order valence-electron chi connectivity index (χ4n) is 2.42. The summed E-state index contributed by atoms with van der Waals surface area (Å²) in [6, 6.07) is 4.41. The minimum absolute atomic E-state index is 0. The maximum Gasteiger partial charge on any atom is 0.289 e. The van der Waals surface area contributed by atoms with E-state index in [1.54, 1.807) is 31.2 Å². The fourth-order valence-corrected chi connectivity index (χ4v) is 3.63. The molecule has 0 fully saturated rings. The highest BCUT2D eigenvalue weighted by Crippen LogP contribution is 2.22. The Morgan fingerprint density at radius 3 is 2.57 bits per heavy atom. The van der Waals surface area contributed by atoms with Gasteiger partial charge in [0.1, 0.15) is 6.04 Å². The molecule has 1 heterocycles. The third-order valence-electron chi connectivity index (χ3n) is 3.68. The van der Waals surface area contributed by atoms with E-state index in [0.29, 0.717) is 5.56 Å². The van der Waals surface area contributed by atoms with Crippen molar-refractivity contribution >= 4 is 34.0 Å². The molecule has 1 aromatic heterocycles. The number of amides is 1. The van der Waals surface area contributed by atoms with Crippen LogP contribution in [0.1, 0.15) is 11.6 Å². The van der Waals surface area contributed by atoms with Crippen molar-refractivity contribution in [1.82, 2.24) is 25.1 Å². The van der Waals surface area contributed by atoms with E-state index in [2.05, 4.69) is 20.5 Å². The monoisotopic (exact) mass is 432 g/mol. The van der Waals surface area contributed by atoms with Crippen molar-refractivity contribution in [3.63, 3.8) is 0 Å². The Hall–Kier alpha value is -2.54. The number of rotatable bonds is 9. The van der Waals surface area contributed by atoms with Crippen LogP contribution in [-0.2, 0) is 21.9 Å². The molecule has 154 valence electrons. The number of nitrogens with zero attached hydrogens (tertiary/aromatic N) is 3. The summed E-state index contributed by atoms with van der Waals surface area (Å²) in [5.74, 6) is -0.351. The number of aromatic nitrogens is 2. The van der Waals surface area contributed by atoms with Gasteiger partial charge in [-0.05, 0) is 13.1 Å². The molecule has 2 rings (SSSR count). The number of nitro groups is 1. The lowest BCUT2D eigenvalue weighted by molar-refractivity contribution is -0.387. The number of nitrogens with one attached hydrogen (secondary N) is 3. The second kappa shape index (κ2) is 10.1. The predicted molar refractivity (Wildman–Crippen MR) is 104 cm³/mol. The maximum absolute atomic E-state index is 12.3. The van der Waals surface area contributed by atoms with Crippen molar-refractivity contribution in [3.8, 4) is 0 Å². The van der Waals surface area contributed by atoms with Crippen molar-refractivity contribution in [3.05, 3.63) is 52.3 Å². The average Bonchev–Trinajstić information content (AvgIpc) is 3.05. The van der Waals surface area contributed by atoms with E-state index in [4.69, 9.17) is 0 Å². The van der Waals surface area contributed by atoms with Gasteiger partial charge in [0, 0.05) is 38.0 Å². The molecule has 28 heavy (non-hydrogen) atoms. The first-order valence-electron chi connectivity index (χ1n) is 7.93. The molecule has 0 aliphatic carbocycles. The molecule has 13 heteroatoms. The van der Waals surface area contributed by atoms with Crippen molar-refractivity contribution in [2.24, 2.45) is 7.05 Å². The van der Waals surface area contributed by atoms with Crippen molar-refractivity contribution in [2.45, 2.75) is 10.9 Å². The topological polar surface area (TPSA) is 148 Å². The number of sulfonamides is 1. The van der Waals surface area contributed by atoms with Gasteiger partial charge < -0.3 is 10.6 Å². The SMILES string of the molecule is CNC(C(=O)NCCNS(=O)(=O)c1ccccc1[N+](=O)[O-])c1cnn(C)c1.Cl. The van der Waals surface area contributed by atoms with Gasteiger partial charge in [-0.1, -0.05) is 12.1 Å². The number of halogens is 1. The number of carbonyl (C=O) groups excluding carboxylic acids is 1. The van der Waals surface area contributed by atoms with Crippen LogP contribution in [0.5, 0.6) is 0 Å². The molecule has 0 aliphatic rings. The largest absolute Gasteiger partial charge is 0.353 e. The standard InChI is InChI=1S/C15H20N6O5S.ClH/c1-16-14(11-9-18-20(2)10-11)15(22)17-7-8-19-27(25,26)13-6-4-3-5-12(13)21(23)24;/h3-6,9-10,14,16,19H,7-8H2,1-2H3,(H,17,22);1H. The Kier molecular flexibility index (Phi) is 8.50. The van der Waals surface area contributed by atoms with E-state index >= 15 is 0 Å². The molecule has 2 aromatic rings. The smallest absolute Gasteiger partial charge is 0.289 e. The van der Waals surface area contributed by atoms with Crippen molar-refractivity contribution in [2.75, 3.05) is 20.1 Å². The summed E-state index contributed by atoms with van der Waals surface area (Å²) in [5.41, 5.74) is 0.152. The number of aryl methyl sites for hydroxylation is 1. The van der Waals surface area contributed by atoms with Gasteiger partial charge in [-0.3, -0.25) is 19.6 Å². The number of carbonyl (C=O) groups is 1. The molecular weight excluding hydrogens is 412 g/mol. The van der Waals surface area contributed by atoms with Crippen LogP contribution in [0.4, 0.5) is 5.69 Å². The zero-order valence-corrected chi connectivity index (χ0v) is 16.8. The molecular formula is C15H21ClN6O5S. The Morgan fingerprint density at radius 2 is 2.00 bits per heavy atom. The summed E-state index contributed by atoms with van der Waals surface area (Å²) in [6.07, 6.45) is 3.25. The quantitative estimate of drug-likeness (QED) is 0.289. The second-order valence-corrected chi connectivity index (χ2v) is 7.32. The Balaban J connectivity index is 0.00000392. The third-order valence-corrected chi connectivity index (χ3v) is 5.19. The number of para-hydroxylation sites is 1. The van der Waals surface area contributed by atoms with Crippen LogP contribution in [0.15, 0.2) is 41.6 Å². The number of hydrogen-bond donors (Lipinski definition) is 3. The van der Waals surface area contributed by atoms with Gasteiger partial charge in [0.15, 0.2) is 4.90 Å². The number of hydrogen-bond acceptors (Lipinski definition) is 7. The molecule has 1 amide bonds. The third kappa shape index (κ3) is 5.73. The lowest BCUT2D eigenvalue weighted by atomic mass is 10.1. The lowest BCUT2D eigenvalue weighted by Crippen LogP contribution is -2.40. The average molecular weight is 433 g/mol. The normalized spacial score (nSPS) is 12.1. The van der Waals surface area contributed by atoms with Crippen molar-refractivity contribution in [1.29, 1.82) is 0 Å². The number of likely N-dealkylation sites (N-methyl/N-ethyl adjacent to an activating group) is 1. The molecule has 3 N–H and O–H groups in total. The zero-order chi connectivity index (χ0) is 20.0. The van der Waals surface area contributed by atoms with Crippen molar-refractivity contribution < 1.29 is 18.1 Å². The summed E-state index contributed by atoms with van der Waals surface area (Å²) in [6.45, 7) is -0.110. The van der Waals surface area contributed by atoms with Gasteiger partial charge >= 0.3 is 0 Å². The first-order chi connectivity index (χ1) is 12.8. The predicted octanol–water partition coefficient (Wildman–Crippen LogP) is 0.105. The van der Waals surface area contributed by atoms with E-state index in [9.17, 15) is 23.3 Å². The minimum Gasteiger partial charge on any atom is -0.353 e. The summed E-state index contributed by atoms with van der Waals surface area (Å²) >= 11 is 0. The van der Waals surface area contributed by atoms with Gasteiger partial charge in [-0.25, -0.2) is 13.1 Å². The lowest BCUT2D eigenvalue weighted by Gasteiger charge is -2.14. The van der Waals surface area contributed by atoms with Crippen LogP contribution < -0.4 is 15.4 Å². The minimum atomic E-state index is -4.08. The number of nitro benzene ring substituents is 1. The van der Waals surface area contributed by atoms with Crippen LogP contribution in [-0.4, -0.2) is 49.2 Å². The van der Waals surface area contributed by atoms with Crippen LogP contribution >= 0.6 is 12.4 Å². The van der Waals surface area contributed by atoms with Gasteiger partial charge in [-0.15, -0.1) is 12.4 Å². The summed E-state index contributed by atoms with van der Waals surface area (Å²) in [7, 11) is -0.733. The molecule has 0 saturated heterocycles. The van der Waals surface area contributed by atoms with Crippen LogP contribution in [0.25, 0.3) is 0 Å². The Bertz CT molecular complexity index is 933. The molecule has 1 unspecified atom stereocenters. The first-order valence-corrected chi connectivity index (χ1v) is 9.41. The summed E-state index contributed by atoms with van der Waals surface area (Å²) < 4.78 is 28.3. The molecule has 1 aromatic carbocycles. The van der Waals surface area contributed by atoms with Crippen LogP contribution in [0.3, 0.4) is 0 Å². The van der Waals surface area contributed by atoms with E-state index in [0.717, 1.165) is 12.1 Å². The summed E-state index contributed by atoms with van der Waals surface area (Å²) in [4.78, 5) is 22.0. The molecule has 0 spiro atoms. The zero-order valence-electron chi connectivity index (χ0n) is 15.2. The molecule has 0 aliphatic heterocycles. The molecule has 0 radical (unpaired) electrons. The highest BCUT2D eigenvalue weighted by Gasteiger charge is 2.25. The molecule has 11 nitrogen and oxygen atoms in total.